The predicted octanol–water partition coefficient (Wildman–Crippen LogP) is 4.94. The molecule has 3 heteroatoms. The minimum atomic E-state index is -0.225. The molecule has 2 amide bonds. The van der Waals surface area contributed by atoms with Gasteiger partial charge in [0.1, 0.15) is 0 Å². The van der Waals surface area contributed by atoms with Gasteiger partial charge in [-0.1, -0.05) is 51.1 Å². The molecule has 0 saturated carbocycles. The third-order valence-electron chi connectivity index (χ3n) is 3.26. The Bertz CT molecular complexity index is 642. The van der Waals surface area contributed by atoms with Gasteiger partial charge in [0.15, 0.2) is 0 Å². The molecule has 0 bridgehead atoms. The van der Waals surface area contributed by atoms with Crippen molar-refractivity contribution < 1.29 is 4.79 Å². The lowest BCUT2D eigenvalue weighted by atomic mass is 9.86. The lowest BCUT2D eigenvalue weighted by molar-refractivity contribution is 0.262. The number of rotatable bonds is 2. The summed E-state index contributed by atoms with van der Waals surface area (Å²) in [6.45, 7) is 8.39. The van der Waals surface area contributed by atoms with Gasteiger partial charge in [0.05, 0.1) is 0 Å². The van der Waals surface area contributed by atoms with Crippen molar-refractivity contribution in [3.63, 3.8) is 0 Å². The van der Waals surface area contributed by atoms with Gasteiger partial charge >= 0.3 is 6.03 Å². The fourth-order valence-electron chi connectivity index (χ4n) is 2.25. The van der Waals surface area contributed by atoms with Crippen LogP contribution in [-0.4, -0.2) is 6.03 Å². The highest BCUT2D eigenvalue weighted by Crippen LogP contribution is 2.29. The maximum absolute atomic E-state index is 12.2. The summed E-state index contributed by atoms with van der Waals surface area (Å²) in [5, 5.41) is 5.79. The zero-order valence-electron chi connectivity index (χ0n) is 13.0. The first-order chi connectivity index (χ1) is 9.86. The quantitative estimate of drug-likeness (QED) is 0.805. The first-order valence-corrected chi connectivity index (χ1v) is 7.10. The van der Waals surface area contributed by atoms with Gasteiger partial charge in [0.25, 0.3) is 0 Å². The van der Waals surface area contributed by atoms with Crippen LogP contribution in [0.4, 0.5) is 16.2 Å². The number of carbonyl (C=O) groups is 1. The van der Waals surface area contributed by atoms with Crippen molar-refractivity contribution >= 4 is 17.4 Å². The molecule has 0 saturated heterocycles. The summed E-state index contributed by atoms with van der Waals surface area (Å²) in [4.78, 5) is 12.2. The molecule has 2 aromatic carbocycles. The van der Waals surface area contributed by atoms with Gasteiger partial charge in [-0.3, -0.25) is 0 Å². The van der Waals surface area contributed by atoms with E-state index in [0.29, 0.717) is 0 Å². The molecule has 0 aromatic heterocycles. The van der Waals surface area contributed by atoms with Gasteiger partial charge in [-0.2, -0.15) is 0 Å². The van der Waals surface area contributed by atoms with E-state index in [2.05, 4.69) is 31.4 Å². The lowest BCUT2D eigenvalue weighted by Crippen LogP contribution is -2.22. The van der Waals surface area contributed by atoms with Crippen molar-refractivity contribution in [1.29, 1.82) is 0 Å². The van der Waals surface area contributed by atoms with E-state index in [9.17, 15) is 4.79 Å². The molecule has 0 heterocycles. The topological polar surface area (TPSA) is 41.1 Å². The molecule has 0 aliphatic heterocycles. The number of benzene rings is 2. The number of hydrogen-bond donors (Lipinski definition) is 2. The number of hydrogen-bond acceptors (Lipinski definition) is 1. The number of carbonyl (C=O) groups excluding carboxylic acids is 1. The Balaban J connectivity index is 2.14. The van der Waals surface area contributed by atoms with E-state index in [0.717, 1.165) is 22.5 Å². The van der Waals surface area contributed by atoms with E-state index in [-0.39, 0.29) is 11.4 Å². The molecule has 110 valence electrons. The molecule has 3 nitrogen and oxygen atoms in total. The molecule has 2 N–H and O–H groups in total. The molecular weight excluding hydrogens is 260 g/mol. The average Bonchev–Trinajstić information content (AvgIpc) is 2.37. The molecule has 2 aromatic rings. The molecule has 0 unspecified atom stereocenters. The lowest BCUT2D eigenvalue weighted by Gasteiger charge is -2.23. The standard InChI is InChI=1S/C18H22N2O/c1-13-8-7-9-14(12-13)19-17(21)20-16-11-6-5-10-15(16)18(2,3)4/h5-12H,1-4H3,(H2,19,20,21). The number of para-hydroxylation sites is 1. The summed E-state index contributed by atoms with van der Waals surface area (Å²) >= 11 is 0. The van der Waals surface area contributed by atoms with Crippen LogP contribution in [-0.2, 0) is 5.41 Å². The first kappa shape index (κ1) is 15.1. The SMILES string of the molecule is Cc1cccc(NC(=O)Nc2ccccc2C(C)(C)C)c1. The fraction of sp³-hybridized carbons (Fsp3) is 0.278. The van der Waals surface area contributed by atoms with Crippen LogP contribution in [0.1, 0.15) is 31.9 Å². The minimum Gasteiger partial charge on any atom is -0.308 e. The maximum atomic E-state index is 12.2. The molecular formula is C18H22N2O. The first-order valence-electron chi connectivity index (χ1n) is 7.10. The van der Waals surface area contributed by atoms with Crippen molar-refractivity contribution in [1.82, 2.24) is 0 Å². The van der Waals surface area contributed by atoms with E-state index < -0.39 is 0 Å². The van der Waals surface area contributed by atoms with Gasteiger partial charge in [-0.05, 0) is 41.7 Å². The summed E-state index contributed by atoms with van der Waals surface area (Å²) in [7, 11) is 0. The van der Waals surface area contributed by atoms with Crippen LogP contribution in [0, 0.1) is 6.92 Å². The number of nitrogens with one attached hydrogen (secondary N) is 2. The highest BCUT2D eigenvalue weighted by molar-refractivity contribution is 6.00. The molecule has 0 fully saturated rings. The minimum absolute atomic E-state index is 0.0206. The van der Waals surface area contributed by atoms with E-state index in [1.165, 1.54) is 0 Å². The van der Waals surface area contributed by atoms with Crippen LogP contribution in [0.15, 0.2) is 48.5 Å². The van der Waals surface area contributed by atoms with Gasteiger partial charge in [0.2, 0.25) is 0 Å². The number of aryl methyl sites for hydroxylation is 1. The second-order valence-electron chi connectivity index (χ2n) is 6.24. The van der Waals surface area contributed by atoms with Crippen LogP contribution in [0.5, 0.6) is 0 Å². The van der Waals surface area contributed by atoms with Gasteiger partial charge in [-0.25, -0.2) is 4.79 Å². The molecule has 0 atom stereocenters. The van der Waals surface area contributed by atoms with Crippen LogP contribution in [0.25, 0.3) is 0 Å². The van der Waals surface area contributed by atoms with Crippen molar-refractivity contribution in [2.75, 3.05) is 10.6 Å². The van der Waals surface area contributed by atoms with E-state index in [4.69, 9.17) is 0 Å². The van der Waals surface area contributed by atoms with Crippen molar-refractivity contribution in [3.05, 3.63) is 59.7 Å². The average molecular weight is 282 g/mol. The maximum Gasteiger partial charge on any atom is 0.323 e. The van der Waals surface area contributed by atoms with Gasteiger partial charge < -0.3 is 10.6 Å². The molecule has 2 rings (SSSR count). The Morgan fingerprint density at radius 3 is 2.33 bits per heavy atom. The van der Waals surface area contributed by atoms with Crippen LogP contribution in [0.2, 0.25) is 0 Å². The van der Waals surface area contributed by atoms with E-state index in [1.54, 1.807) is 0 Å². The molecule has 0 aliphatic carbocycles. The van der Waals surface area contributed by atoms with E-state index in [1.807, 2.05) is 55.5 Å². The van der Waals surface area contributed by atoms with Crippen molar-refractivity contribution in [3.8, 4) is 0 Å². The third kappa shape index (κ3) is 4.09. The Morgan fingerprint density at radius 2 is 1.67 bits per heavy atom. The normalized spacial score (nSPS) is 11.0. The highest BCUT2D eigenvalue weighted by Gasteiger charge is 2.18. The number of amides is 2. The molecule has 0 radical (unpaired) electrons. The highest BCUT2D eigenvalue weighted by atomic mass is 16.2. The number of anilines is 2. The Morgan fingerprint density at radius 1 is 0.952 bits per heavy atom. The zero-order chi connectivity index (χ0) is 15.5. The second kappa shape index (κ2) is 6.00. The zero-order valence-corrected chi connectivity index (χ0v) is 13.0. The molecule has 0 spiro atoms. The molecule has 21 heavy (non-hydrogen) atoms. The van der Waals surface area contributed by atoms with Crippen molar-refractivity contribution in [2.45, 2.75) is 33.1 Å². The van der Waals surface area contributed by atoms with Crippen LogP contribution in [0.3, 0.4) is 0 Å². The van der Waals surface area contributed by atoms with Crippen LogP contribution >= 0.6 is 0 Å². The smallest absolute Gasteiger partial charge is 0.308 e. The second-order valence-corrected chi connectivity index (χ2v) is 6.24. The summed E-state index contributed by atoms with van der Waals surface area (Å²) in [5.74, 6) is 0. The largest absolute Gasteiger partial charge is 0.323 e. The number of urea groups is 1. The Labute approximate surface area is 126 Å². The van der Waals surface area contributed by atoms with Gasteiger partial charge in [0, 0.05) is 11.4 Å². The fourth-order valence-corrected chi connectivity index (χ4v) is 2.25. The summed E-state index contributed by atoms with van der Waals surface area (Å²) < 4.78 is 0. The summed E-state index contributed by atoms with van der Waals surface area (Å²) in [6.07, 6.45) is 0. The van der Waals surface area contributed by atoms with E-state index >= 15 is 0 Å². The third-order valence-corrected chi connectivity index (χ3v) is 3.26. The summed E-state index contributed by atoms with van der Waals surface area (Å²) in [6, 6.07) is 15.4. The van der Waals surface area contributed by atoms with Gasteiger partial charge in [-0.15, -0.1) is 0 Å². The Hall–Kier alpha value is -2.29. The van der Waals surface area contributed by atoms with Crippen molar-refractivity contribution in [2.24, 2.45) is 0 Å². The van der Waals surface area contributed by atoms with Crippen LogP contribution < -0.4 is 10.6 Å². The monoisotopic (exact) mass is 282 g/mol. The predicted molar refractivity (Wildman–Crippen MR) is 89.0 cm³/mol. The summed E-state index contributed by atoms with van der Waals surface area (Å²) in [5.41, 5.74) is 3.84. The molecule has 0 aliphatic rings. The Kier molecular flexibility index (Phi) is 4.32.